The number of nitrogens with zero attached hydrogens (tertiary/aromatic N) is 3. The molecule has 3 aromatic carbocycles. The van der Waals surface area contributed by atoms with Crippen LogP contribution in [0.5, 0.6) is 0 Å². The number of halogens is 3. The molecule has 8 nitrogen and oxygen atoms in total. The summed E-state index contributed by atoms with van der Waals surface area (Å²) in [5.41, 5.74) is 1.41. The van der Waals surface area contributed by atoms with Crippen molar-refractivity contribution in [2.45, 2.75) is 45.3 Å². The van der Waals surface area contributed by atoms with Gasteiger partial charge in [-0.05, 0) is 60.9 Å². The third-order valence-corrected chi connectivity index (χ3v) is 9.17. The number of rotatable bonds is 13. The molecule has 3 rings (SSSR count). The van der Waals surface area contributed by atoms with Gasteiger partial charge in [0.2, 0.25) is 11.8 Å². The van der Waals surface area contributed by atoms with Crippen LogP contribution in [-0.4, -0.2) is 62.2 Å². The summed E-state index contributed by atoms with van der Waals surface area (Å²) in [5, 5.41) is 3.65. The van der Waals surface area contributed by atoms with Gasteiger partial charge in [0, 0.05) is 43.1 Å². The number of hydrogen-bond donors (Lipinski definition) is 1. The summed E-state index contributed by atoms with van der Waals surface area (Å²) in [6.45, 7) is 3.04. The highest BCUT2D eigenvalue weighted by Gasteiger charge is 2.35. The normalized spacial score (nSPS) is 13.0. The Morgan fingerprint density at radius 1 is 0.976 bits per heavy atom. The highest BCUT2D eigenvalue weighted by Crippen LogP contribution is 2.26. The quantitative estimate of drug-likeness (QED) is 0.276. The van der Waals surface area contributed by atoms with Crippen LogP contribution in [-0.2, 0) is 32.8 Å². The van der Waals surface area contributed by atoms with Crippen molar-refractivity contribution in [3.8, 4) is 0 Å². The first-order valence-electron chi connectivity index (χ1n) is 13.4. The average molecular weight is 638 g/mol. The third-order valence-electron chi connectivity index (χ3n) is 6.76. The molecule has 1 N–H and O–H groups in total. The van der Waals surface area contributed by atoms with Crippen LogP contribution in [0, 0.1) is 5.82 Å². The summed E-state index contributed by atoms with van der Waals surface area (Å²) in [5.74, 6) is -1.61. The maximum atomic E-state index is 14.2. The molecule has 0 aliphatic heterocycles. The Hall–Kier alpha value is -3.18. The largest absolute Gasteiger partial charge is 0.352 e. The first-order chi connectivity index (χ1) is 19.8. The van der Waals surface area contributed by atoms with Crippen LogP contribution in [0.2, 0.25) is 10.0 Å². The van der Waals surface area contributed by atoms with E-state index in [2.05, 4.69) is 5.32 Å². The molecule has 0 bridgehead atoms. The molecule has 226 valence electrons. The van der Waals surface area contributed by atoms with E-state index in [0.29, 0.717) is 17.0 Å². The molecule has 0 aliphatic rings. The van der Waals surface area contributed by atoms with Crippen LogP contribution in [0.25, 0.3) is 0 Å². The Morgan fingerprint density at radius 2 is 1.62 bits per heavy atom. The number of benzene rings is 3. The van der Waals surface area contributed by atoms with Gasteiger partial charge in [-0.1, -0.05) is 66.5 Å². The maximum Gasteiger partial charge on any atom is 0.304 e. The molecular weight excluding hydrogens is 602 g/mol. The number of carbonyl (C=O) groups is 2. The van der Waals surface area contributed by atoms with E-state index in [4.69, 9.17) is 23.2 Å². The SMILES string of the molecule is CC[C@H](C)NC(=O)[C@@H](Cc1ccccc1)N(Cc1ccc(Cl)cc1Cl)C(=O)CN(c1ccc(F)cc1)S(=O)(=O)N(C)C. The smallest absolute Gasteiger partial charge is 0.304 e. The molecule has 0 aromatic heterocycles. The standard InChI is InChI=1S/C30H35Cl2FN4O4S/c1-5-21(2)34-30(39)28(17-22-9-7-6-8-10-22)36(19-23-11-12-24(31)18-27(23)32)29(38)20-37(42(40,41)35(3)4)26-15-13-25(33)14-16-26/h6-16,18,21,28H,5,17,19-20H2,1-4H3,(H,34,39)/t21-,28+/m0/s1. The van der Waals surface area contributed by atoms with E-state index in [-0.39, 0.29) is 29.7 Å². The van der Waals surface area contributed by atoms with Crippen molar-refractivity contribution in [2.75, 3.05) is 24.9 Å². The number of nitrogens with one attached hydrogen (secondary N) is 1. The van der Waals surface area contributed by atoms with E-state index >= 15 is 0 Å². The molecule has 0 aliphatic carbocycles. The molecule has 2 amide bonds. The predicted octanol–water partition coefficient (Wildman–Crippen LogP) is 5.30. The lowest BCUT2D eigenvalue weighted by Gasteiger charge is -2.35. The van der Waals surface area contributed by atoms with E-state index in [1.807, 2.05) is 44.2 Å². The molecule has 0 radical (unpaired) electrons. The van der Waals surface area contributed by atoms with E-state index in [1.165, 1.54) is 37.2 Å². The number of hydrogen-bond acceptors (Lipinski definition) is 4. The van der Waals surface area contributed by atoms with Crippen LogP contribution in [0.15, 0.2) is 72.8 Å². The van der Waals surface area contributed by atoms with Gasteiger partial charge in [0.05, 0.1) is 5.69 Å². The summed E-state index contributed by atoms with van der Waals surface area (Å²) in [7, 11) is -1.53. The topological polar surface area (TPSA) is 90.0 Å². The van der Waals surface area contributed by atoms with Gasteiger partial charge >= 0.3 is 10.2 Å². The van der Waals surface area contributed by atoms with Crippen LogP contribution in [0.1, 0.15) is 31.4 Å². The van der Waals surface area contributed by atoms with Crippen molar-refractivity contribution in [1.29, 1.82) is 0 Å². The van der Waals surface area contributed by atoms with Gasteiger partial charge in [0.1, 0.15) is 18.4 Å². The Kier molecular flexibility index (Phi) is 11.8. The van der Waals surface area contributed by atoms with Crippen LogP contribution >= 0.6 is 23.2 Å². The van der Waals surface area contributed by atoms with Gasteiger partial charge in [-0.2, -0.15) is 12.7 Å². The fraction of sp³-hybridized carbons (Fsp3) is 0.333. The first kappa shape index (κ1) is 33.3. The fourth-order valence-corrected chi connectivity index (χ4v) is 5.68. The van der Waals surface area contributed by atoms with Crippen molar-refractivity contribution in [1.82, 2.24) is 14.5 Å². The summed E-state index contributed by atoms with van der Waals surface area (Å²) in [6.07, 6.45) is 0.831. The zero-order valence-electron chi connectivity index (χ0n) is 23.9. The second kappa shape index (κ2) is 14.8. The summed E-state index contributed by atoms with van der Waals surface area (Å²) in [6, 6.07) is 17.6. The highest BCUT2D eigenvalue weighted by molar-refractivity contribution is 7.90. The monoisotopic (exact) mass is 636 g/mol. The Bertz CT molecular complexity index is 1470. The summed E-state index contributed by atoms with van der Waals surface area (Å²) in [4.78, 5) is 29.3. The molecule has 0 unspecified atom stereocenters. The minimum atomic E-state index is -4.20. The Balaban J connectivity index is 2.12. The van der Waals surface area contributed by atoms with Gasteiger partial charge in [-0.15, -0.1) is 0 Å². The van der Waals surface area contributed by atoms with Crippen LogP contribution < -0.4 is 9.62 Å². The number of amides is 2. The average Bonchev–Trinajstić information content (AvgIpc) is 2.95. The molecule has 12 heteroatoms. The lowest BCUT2D eigenvalue weighted by atomic mass is 10.0. The van der Waals surface area contributed by atoms with Gasteiger partial charge in [0.25, 0.3) is 0 Å². The fourth-order valence-electron chi connectivity index (χ4n) is 4.15. The van der Waals surface area contributed by atoms with Crippen LogP contribution in [0.3, 0.4) is 0 Å². The second-order valence-electron chi connectivity index (χ2n) is 10.1. The molecule has 0 saturated heterocycles. The van der Waals surface area contributed by atoms with E-state index in [0.717, 1.165) is 26.3 Å². The summed E-state index contributed by atoms with van der Waals surface area (Å²) >= 11 is 12.6. The van der Waals surface area contributed by atoms with Crippen molar-refractivity contribution in [3.63, 3.8) is 0 Å². The molecule has 0 saturated carbocycles. The van der Waals surface area contributed by atoms with E-state index < -0.39 is 40.4 Å². The summed E-state index contributed by atoms with van der Waals surface area (Å²) < 4.78 is 42.3. The molecule has 0 fully saturated rings. The zero-order valence-corrected chi connectivity index (χ0v) is 26.3. The molecule has 0 heterocycles. The second-order valence-corrected chi connectivity index (χ2v) is 13.0. The molecular formula is C30H35Cl2FN4O4S. The van der Waals surface area contributed by atoms with E-state index in [9.17, 15) is 22.4 Å². The number of carbonyl (C=O) groups excluding carboxylic acids is 2. The van der Waals surface area contributed by atoms with Crippen molar-refractivity contribution in [2.24, 2.45) is 0 Å². The van der Waals surface area contributed by atoms with Crippen LogP contribution in [0.4, 0.5) is 10.1 Å². The highest BCUT2D eigenvalue weighted by atomic mass is 35.5. The zero-order chi connectivity index (χ0) is 31.0. The molecule has 3 aromatic rings. The van der Waals surface area contributed by atoms with Gasteiger partial charge in [-0.25, -0.2) is 8.70 Å². The van der Waals surface area contributed by atoms with E-state index in [1.54, 1.807) is 12.1 Å². The lowest BCUT2D eigenvalue weighted by Crippen LogP contribution is -2.55. The minimum absolute atomic E-state index is 0.0894. The van der Waals surface area contributed by atoms with Crippen molar-refractivity contribution < 1.29 is 22.4 Å². The molecule has 42 heavy (non-hydrogen) atoms. The van der Waals surface area contributed by atoms with Gasteiger partial charge in [0.15, 0.2) is 0 Å². The van der Waals surface area contributed by atoms with Gasteiger partial charge < -0.3 is 10.2 Å². The van der Waals surface area contributed by atoms with Gasteiger partial charge in [-0.3, -0.25) is 9.59 Å². The maximum absolute atomic E-state index is 14.2. The molecule has 0 spiro atoms. The lowest BCUT2D eigenvalue weighted by molar-refractivity contribution is -0.140. The molecule has 2 atom stereocenters. The van der Waals surface area contributed by atoms with Crippen molar-refractivity contribution in [3.05, 3.63) is 99.8 Å². The Morgan fingerprint density at radius 3 is 2.19 bits per heavy atom. The third kappa shape index (κ3) is 8.67. The predicted molar refractivity (Wildman–Crippen MR) is 165 cm³/mol. The number of anilines is 1. The Labute approximate surface area is 257 Å². The minimum Gasteiger partial charge on any atom is -0.352 e. The van der Waals surface area contributed by atoms with Crippen molar-refractivity contribution >= 4 is 50.9 Å². The first-order valence-corrected chi connectivity index (χ1v) is 15.5.